The van der Waals surface area contributed by atoms with E-state index in [-0.39, 0.29) is 16.5 Å². The van der Waals surface area contributed by atoms with Crippen LogP contribution in [0.1, 0.15) is 13.3 Å². The average Bonchev–Trinajstić information content (AvgIpc) is 2.81. The van der Waals surface area contributed by atoms with Crippen LogP contribution in [0.3, 0.4) is 0 Å². The number of benzene rings is 1. The molecule has 0 saturated carbocycles. The molecule has 0 bridgehead atoms. The third-order valence-electron chi connectivity index (χ3n) is 3.06. The van der Waals surface area contributed by atoms with E-state index in [1.165, 1.54) is 42.2 Å². The topological polar surface area (TPSA) is 101 Å². The van der Waals surface area contributed by atoms with Crippen LogP contribution < -0.4 is 10.0 Å². The fourth-order valence-corrected chi connectivity index (χ4v) is 3.16. The summed E-state index contributed by atoms with van der Waals surface area (Å²) in [6.45, 7) is 2.57. The molecule has 0 unspecified atom stereocenters. The van der Waals surface area contributed by atoms with Gasteiger partial charge in [0.1, 0.15) is 10.6 Å². The second kappa shape index (κ2) is 5.65. The Morgan fingerprint density at radius 3 is 2.52 bits per heavy atom. The number of aromatic nitrogens is 2. The molecule has 8 heteroatoms. The zero-order valence-corrected chi connectivity index (χ0v) is 12.7. The van der Waals surface area contributed by atoms with Crippen LogP contribution in [0.15, 0.2) is 35.4 Å². The molecule has 1 aromatic carbocycles. The fraction of sp³-hybridized carbons (Fsp3) is 0.308. The summed E-state index contributed by atoms with van der Waals surface area (Å²) < 4.78 is 27.8. The number of aromatic hydroxyl groups is 1. The number of anilines is 2. The molecule has 0 radical (unpaired) electrons. The van der Waals surface area contributed by atoms with Gasteiger partial charge in [-0.15, -0.1) is 0 Å². The number of phenolic OH excluding ortho intramolecular Hbond substituents is 1. The number of nitrogens with zero attached hydrogens (tertiary/aromatic N) is 3. The van der Waals surface area contributed by atoms with Crippen LogP contribution in [0.5, 0.6) is 5.75 Å². The zero-order valence-electron chi connectivity index (χ0n) is 11.9. The number of aryl methyl sites for hydroxylation is 1. The molecule has 2 aromatic rings. The van der Waals surface area contributed by atoms with Gasteiger partial charge in [-0.25, -0.2) is 8.42 Å². The summed E-state index contributed by atoms with van der Waals surface area (Å²) >= 11 is 0. The SMILES string of the molecule is CCCn1cc(S(=O)(=O)N(C)c2ccc(O)cc2)c(N)n1. The summed E-state index contributed by atoms with van der Waals surface area (Å²) in [5, 5.41) is 13.3. The van der Waals surface area contributed by atoms with Crippen LogP contribution in [0.4, 0.5) is 11.5 Å². The van der Waals surface area contributed by atoms with Crippen LogP contribution in [-0.4, -0.2) is 30.4 Å². The summed E-state index contributed by atoms with van der Waals surface area (Å²) in [4.78, 5) is -0.0217. The van der Waals surface area contributed by atoms with Crippen molar-refractivity contribution in [3.05, 3.63) is 30.5 Å². The second-order valence-corrected chi connectivity index (χ2v) is 6.57. The Kier molecular flexibility index (Phi) is 4.08. The van der Waals surface area contributed by atoms with Gasteiger partial charge >= 0.3 is 0 Å². The smallest absolute Gasteiger partial charge is 0.269 e. The standard InChI is InChI=1S/C13H18N4O3S/c1-3-8-17-9-12(13(14)15-17)21(19,20)16(2)10-4-6-11(18)7-5-10/h4-7,9,18H,3,8H2,1-2H3,(H2,14,15). The molecule has 0 aliphatic heterocycles. The molecule has 3 N–H and O–H groups in total. The minimum absolute atomic E-state index is 0.0194. The number of nitrogen functional groups attached to an aromatic ring is 1. The molecule has 0 spiro atoms. The Bertz CT molecular complexity index is 722. The highest BCUT2D eigenvalue weighted by atomic mass is 32.2. The summed E-state index contributed by atoms with van der Waals surface area (Å²) in [5.74, 6) is 0.0499. The van der Waals surface area contributed by atoms with Crippen molar-refractivity contribution in [2.45, 2.75) is 24.8 Å². The normalized spacial score (nSPS) is 11.5. The molecular formula is C13H18N4O3S. The number of hydrogen-bond donors (Lipinski definition) is 2. The Labute approximate surface area is 123 Å². The van der Waals surface area contributed by atoms with Gasteiger partial charge in [0.25, 0.3) is 10.0 Å². The first-order valence-electron chi connectivity index (χ1n) is 6.47. The van der Waals surface area contributed by atoms with E-state index in [9.17, 15) is 13.5 Å². The Balaban J connectivity index is 2.39. The highest BCUT2D eigenvalue weighted by Gasteiger charge is 2.26. The molecule has 0 amide bonds. The molecular weight excluding hydrogens is 292 g/mol. The first-order valence-corrected chi connectivity index (χ1v) is 7.91. The maximum atomic E-state index is 12.6. The number of nitrogens with two attached hydrogens (primary N) is 1. The zero-order chi connectivity index (χ0) is 15.6. The summed E-state index contributed by atoms with van der Waals surface area (Å²) in [5.41, 5.74) is 6.15. The highest BCUT2D eigenvalue weighted by molar-refractivity contribution is 7.93. The lowest BCUT2D eigenvalue weighted by molar-refractivity contribution is 0.475. The number of sulfonamides is 1. The van der Waals surface area contributed by atoms with Crippen LogP contribution in [0, 0.1) is 0 Å². The monoisotopic (exact) mass is 310 g/mol. The van der Waals surface area contributed by atoms with Gasteiger partial charge in [-0.05, 0) is 30.7 Å². The summed E-state index contributed by atoms with van der Waals surface area (Å²) in [7, 11) is -2.36. The first kappa shape index (κ1) is 15.2. The van der Waals surface area contributed by atoms with Crippen molar-refractivity contribution in [2.75, 3.05) is 17.1 Å². The van der Waals surface area contributed by atoms with Crippen LogP contribution in [0.2, 0.25) is 0 Å². The van der Waals surface area contributed by atoms with Gasteiger partial charge < -0.3 is 10.8 Å². The Morgan fingerprint density at radius 2 is 1.95 bits per heavy atom. The minimum Gasteiger partial charge on any atom is -0.508 e. The second-order valence-electron chi connectivity index (χ2n) is 4.63. The van der Waals surface area contributed by atoms with Crippen molar-refractivity contribution in [3.63, 3.8) is 0 Å². The molecule has 0 aliphatic carbocycles. The van der Waals surface area contributed by atoms with Crippen molar-refractivity contribution >= 4 is 21.5 Å². The highest BCUT2D eigenvalue weighted by Crippen LogP contribution is 2.26. The molecule has 0 fully saturated rings. The summed E-state index contributed by atoms with van der Waals surface area (Å²) in [6, 6.07) is 5.87. The van der Waals surface area contributed by atoms with Crippen molar-refractivity contribution < 1.29 is 13.5 Å². The largest absolute Gasteiger partial charge is 0.508 e. The molecule has 1 heterocycles. The average molecular weight is 310 g/mol. The van der Waals surface area contributed by atoms with E-state index < -0.39 is 10.0 Å². The number of phenols is 1. The summed E-state index contributed by atoms with van der Waals surface area (Å²) in [6.07, 6.45) is 2.26. The number of hydrogen-bond acceptors (Lipinski definition) is 5. The Hall–Kier alpha value is -2.22. The van der Waals surface area contributed by atoms with E-state index in [1.807, 2.05) is 6.92 Å². The molecule has 0 aliphatic rings. The molecule has 1 aromatic heterocycles. The predicted molar refractivity (Wildman–Crippen MR) is 80.6 cm³/mol. The minimum atomic E-state index is -3.79. The van der Waals surface area contributed by atoms with E-state index in [4.69, 9.17) is 5.73 Å². The van der Waals surface area contributed by atoms with Gasteiger partial charge in [0, 0.05) is 19.8 Å². The van der Waals surface area contributed by atoms with Gasteiger partial charge in [-0.2, -0.15) is 5.10 Å². The van der Waals surface area contributed by atoms with Crippen molar-refractivity contribution in [1.82, 2.24) is 9.78 Å². The van der Waals surface area contributed by atoms with Crippen molar-refractivity contribution in [2.24, 2.45) is 0 Å². The molecule has 0 atom stereocenters. The van der Waals surface area contributed by atoms with E-state index in [0.29, 0.717) is 12.2 Å². The van der Waals surface area contributed by atoms with Crippen LogP contribution >= 0.6 is 0 Å². The number of rotatable bonds is 5. The molecule has 0 saturated heterocycles. The van der Waals surface area contributed by atoms with Gasteiger partial charge in [-0.3, -0.25) is 8.99 Å². The van der Waals surface area contributed by atoms with Gasteiger partial charge in [-0.1, -0.05) is 6.92 Å². The molecule has 7 nitrogen and oxygen atoms in total. The lowest BCUT2D eigenvalue weighted by Crippen LogP contribution is -2.26. The van der Waals surface area contributed by atoms with Gasteiger partial charge in [0.2, 0.25) is 0 Å². The fourth-order valence-electron chi connectivity index (χ4n) is 1.91. The van der Waals surface area contributed by atoms with E-state index in [0.717, 1.165) is 10.7 Å². The molecule has 114 valence electrons. The Morgan fingerprint density at radius 1 is 1.33 bits per heavy atom. The quantitative estimate of drug-likeness (QED) is 0.869. The van der Waals surface area contributed by atoms with Crippen LogP contribution in [0.25, 0.3) is 0 Å². The molecule has 21 heavy (non-hydrogen) atoms. The van der Waals surface area contributed by atoms with Crippen molar-refractivity contribution in [1.29, 1.82) is 0 Å². The lowest BCUT2D eigenvalue weighted by atomic mass is 10.3. The predicted octanol–water partition coefficient (Wildman–Crippen LogP) is 1.41. The van der Waals surface area contributed by atoms with Gasteiger partial charge in [0.05, 0.1) is 5.69 Å². The van der Waals surface area contributed by atoms with E-state index in [1.54, 1.807) is 0 Å². The van der Waals surface area contributed by atoms with E-state index >= 15 is 0 Å². The third-order valence-corrected chi connectivity index (χ3v) is 4.86. The maximum Gasteiger partial charge on any atom is 0.269 e. The van der Waals surface area contributed by atoms with Gasteiger partial charge in [0.15, 0.2) is 5.82 Å². The van der Waals surface area contributed by atoms with E-state index in [2.05, 4.69) is 5.10 Å². The van der Waals surface area contributed by atoms with Crippen molar-refractivity contribution in [3.8, 4) is 5.75 Å². The molecule has 2 rings (SSSR count). The third kappa shape index (κ3) is 2.94. The lowest BCUT2D eigenvalue weighted by Gasteiger charge is -2.18. The first-order chi connectivity index (χ1) is 9.86. The maximum absolute atomic E-state index is 12.6. The van der Waals surface area contributed by atoms with Crippen LogP contribution in [-0.2, 0) is 16.6 Å².